The van der Waals surface area contributed by atoms with Crippen molar-refractivity contribution in [1.29, 1.82) is 0 Å². The molecule has 6 nitrogen and oxygen atoms in total. The third-order valence-electron chi connectivity index (χ3n) is 5.06. The lowest BCUT2D eigenvalue weighted by atomic mass is 9.76. The average molecular weight is 367 g/mol. The van der Waals surface area contributed by atoms with Gasteiger partial charge in [-0.15, -0.1) is 11.3 Å². The van der Waals surface area contributed by atoms with Crippen LogP contribution in [0.2, 0.25) is 0 Å². The highest BCUT2D eigenvalue weighted by atomic mass is 32.2. The second-order valence-corrected chi connectivity index (χ2v) is 9.65. The second-order valence-electron chi connectivity index (χ2n) is 6.40. The summed E-state index contributed by atoms with van der Waals surface area (Å²) in [6.45, 7) is 0.776. The lowest BCUT2D eigenvalue weighted by Gasteiger charge is -2.34. The summed E-state index contributed by atoms with van der Waals surface area (Å²) in [6.07, 6.45) is 0.574. The smallest absolute Gasteiger partial charge is 0.313 e. The highest BCUT2D eigenvalue weighted by Gasteiger charge is 2.56. The zero-order chi connectivity index (χ0) is 16.9. The van der Waals surface area contributed by atoms with Crippen LogP contribution in [0.3, 0.4) is 0 Å². The van der Waals surface area contributed by atoms with E-state index in [0.717, 1.165) is 10.1 Å². The van der Waals surface area contributed by atoms with Crippen molar-refractivity contribution in [2.24, 2.45) is 11.3 Å². The molecule has 2 aromatic rings. The SMILES string of the molecule is O=C(O)[C@]12COCC[C@H]1CN(S(=O)(=O)c1cc3ccccc3s1)C2. The summed E-state index contributed by atoms with van der Waals surface area (Å²) in [6, 6.07) is 9.17. The van der Waals surface area contributed by atoms with Crippen molar-refractivity contribution >= 4 is 37.4 Å². The van der Waals surface area contributed by atoms with Crippen LogP contribution >= 0.6 is 11.3 Å². The van der Waals surface area contributed by atoms with Crippen LogP contribution in [0.5, 0.6) is 0 Å². The molecule has 0 aliphatic carbocycles. The minimum atomic E-state index is -3.70. The Hall–Kier alpha value is -1.48. The Labute approximate surface area is 143 Å². The lowest BCUT2D eigenvalue weighted by molar-refractivity contribution is -0.159. The molecule has 1 aromatic heterocycles. The third-order valence-corrected chi connectivity index (χ3v) is 8.43. The summed E-state index contributed by atoms with van der Waals surface area (Å²) >= 11 is 1.22. The number of hydrogen-bond donors (Lipinski definition) is 1. The summed E-state index contributed by atoms with van der Waals surface area (Å²) in [7, 11) is -3.70. The maximum absolute atomic E-state index is 13.0. The molecular formula is C16H17NO5S2. The van der Waals surface area contributed by atoms with E-state index in [2.05, 4.69) is 0 Å². The first kappa shape index (κ1) is 16.0. The van der Waals surface area contributed by atoms with Gasteiger partial charge in [0, 0.05) is 24.4 Å². The zero-order valence-electron chi connectivity index (χ0n) is 12.8. The van der Waals surface area contributed by atoms with Gasteiger partial charge in [0.15, 0.2) is 0 Å². The number of sulfonamides is 1. The molecule has 2 aliphatic heterocycles. The van der Waals surface area contributed by atoms with E-state index in [1.54, 1.807) is 6.07 Å². The number of aliphatic carboxylic acids is 1. The molecule has 2 fully saturated rings. The minimum absolute atomic E-state index is 0.0242. The molecule has 8 heteroatoms. The Bertz CT molecular complexity index is 873. The highest BCUT2D eigenvalue weighted by molar-refractivity contribution is 7.91. The van der Waals surface area contributed by atoms with Gasteiger partial charge in [-0.1, -0.05) is 18.2 Å². The quantitative estimate of drug-likeness (QED) is 0.897. The number of fused-ring (bicyclic) bond motifs is 2. The van der Waals surface area contributed by atoms with Crippen LogP contribution in [0.1, 0.15) is 6.42 Å². The summed E-state index contributed by atoms with van der Waals surface area (Å²) in [4.78, 5) is 11.8. The Morgan fingerprint density at radius 3 is 2.88 bits per heavy atom. The zero-order valence-corrected chi connectivity index (χ0v) is 14.5. The molecule has 4 rings (SSSR count). The maximum atomic E-state index is 13.0. The van der Waals surface area contributed by atoms with Crippen molar-refractivity contribution in [2.45, 2.75) is 10.6 Å². The van der Waals surface area contributed by atoms with Crippen LogP contribution in [-0.4, -0.2) is 50.1 Å². The summed E-state index contributed by atoms with van der Waals surface area (Å²) in [5, 5.41) is 10.6. The molecule has 0 radical (unpaired) electrons. The fourth-order valence-electron chi connectivity index (χ4n) is 3.64. The summed E-state index contributed by atoms with van der Waals surface area (Å²) < 4.78 is 33.9. The molecule has 1 aromatic carbocycles. The number of nitrogens with zero attached hydrogens (tertiary/aromatic N) is 1. The molecule has 24 heavy (non-hydrogen) atoms. The fourth-order valence-corrected chi connectivity index (χ4v) is 6.75. The van der Waals surface area contributed by atoms with Gasteiger partial charge < -0.3 is 9.84 Å². The first-order chi connectivity index (χ1) is 11.4. The monoisotopic (exact) mass is 367 g/mol. The molecule has 0 unspecified atom stereocenters. The van der Waals surface area contributed by atoms with E-state index in [1.807, 2.05) is 24.3 Å². The van der Waals surface area contributed by atoms with Gasteiger partial charge in [-0.05, 0) is 29.9 Å². The van der Waals surface area contributed by atoms with Crippen LogP contribution < -0.4 is 0 Å². The fraction of sp³-hybridized carbons (Fsp3) is 0.438. The van der Waals surface area contributed by atoms with E-state index in [-0.39, 0.29) is 29.8 Å². The van der Waals surface area contributed by atoms with Gasteiger partial charge in [-0.3, -0.25) is 4.79 Å². The molecule has 2 atom stereocenters. The van der Waals surface area contributed by atoms with Crippen molar-refractivity contribution in [1.82, 2.24) is 4.31 Å². The van der Waals surface area contributed by atoms with Crippen LogP contribution in [0, 0.1) is 11.3 Å². The number of thiophene rings is 1. The van der Waals surface area contributed by atoms with E-state index < -0.39 is 21.4 Å². The summed E-state index contributed by atoms with van der Waals surface area (Å²) in [5.74, 6) is -1.17. The highest BCUT2D eigenvalue weighted by Crippen LogP contribution is 2.44. The standard InChI is InChI=1S/C16H17NO5S2/c18-15(19)16-9-17(8-12(16)5-6-22-10-16)24(20,21)14-7-11-3-1-2-4-13(11)23-14/h1-4,7,12H,5-6,8-10H2,(H,18,19)/t12-,16+/m0/s1. The number of ether oxygens (including phenoxy) is 1. The molecule has 2 saturated heterocycles. The van der Waals surface area contributed by atoms with Gasteiger partial charge in [0.2, 0.25) is 0 Å². The van der Waals surface area contributed by atoms with Gasteiger partial charge in [0.05, 0.1) is 6.61 Å². The molecular weight excluding hydrogens is 350 g/mol. The topological polar surface area (TPSA) is 83.9 Å². The Kier molecular flexibility index (Phi) is 3.68. The molecule has 1 N–H and O–H groups in total. The van der Waals surface area contributed by atoms with Crippen LogP contribution in [0.15, 0.2) is 34.5 Å². The number of rotatable bonds is 3. The molecule has 0 spiro atoms. The van der Waals surface area contributed by atoms with Crippen LogP contribution in [-0.2, 0) is 19.6 Å². The number of carboxylic acid groups (broad SMARTS) is 1. The van der Waals surface area contributed by atoms with Crippen LogP contribution in [0.4, 0.5) is 0 Å². The largest absolute Gasteiger partial charge is 0.481 e. The normalized spacial score (nSPS) is 28.1. The van der Waals surface area contributed by atoms with Crippen molar-refractivity contribution < 1.29 is 23.1 Å². The van der Waals surface area contributed by atoms with Gasteiger partial charge >= 0.3 is 5.97 Å². The minimum Gasteiger partial charge on any atom is -0.481 e. The van der Waals surface area contributed by atoms with Crippen molar-refractivity contribution in [3.8, 4) is 0 Å². The number of carbonyl (C=O) groups is 1. The Morgan fingerprint density at radius 1 is 1.38 bits per heavy atom. The molecule has 128 valence electrons. The predicted octanol–water partition coefficient (Wildman–Crippen LogP) is 2.01. The molecule has 3 heterocycles. The van der Waals surface area contributed by atoms with E-state index >= 15 is 0 Å². The van der Waals surface area contributed by atoms with Gasteiger partial charge in [-0.25, -0.2) is 8.42 Å². The van der Waals surface area contributed by atoms with Gasteiger partial charge in [0.25, 0.3) is 10.0 Å². The van der Waals surface area contributed by atoms with Gasteiger partial charge in [-0.2, -0.15) is 4.31 Å². The molecule has 0 saturated carbocycles. The van der Waals surface area contributed by atoms with Crippen molar-refractivity contribution in [3.63, 3.8) is 0 Å². The maximum Gasteiger partial charge on any atom is 0.313 e. The van der Waals surface area contributed by atoms with E-state index in [4.69, 9.17) is 4.74 Å². The van der Waals surface area contributed by atoms with E-state index in [9.17, 15) is 18.3 Å². The Morgan fingerprint density at radius 2 is 2.17 bits per heavy atom. The predicted molar refractivity (Wildman–Crippen MR) is 89.6 cm³/mol. The molecule has 0 bridgehead atoms. The third kappa shape index (κ3) is 2.28. The number of carboxylic acids is 1. The van der Waals surface area contributed by atoms with E-state index in [1.165, 1.54) is 15.6 Å². The number of hydrogen-bond acceptors (Lipinski definition) is 5. The first-order valence-electron chi connectivity index (χ1n) is 7.73. The van der Waals surface area contributed by atoms with Crippen LogP contribution in [0.25, 0.3) is 10.1 Å². The first-order valence-corrected chi connectivity index (χ1v) is 9.99. The van der Waals surface area contributed by atoms with Crippen molar-refractivity contribution in [2.75, 3.05) is 26.3 Å². The van der Waals surface area contributed by atoms with Gasteiger partial charge in [0.1, 0.15) is 9.62 Å². The number of benzene rings is 1. The van der Waals surface area contributed by atoms with E-state index in [0.29, 0.717) is 13.0 Å². The summed E-state index contributed by atoms with van der Waals surface area (Å²) in [5.41, 5.74) is -1.12. The molecule has 2 aliphatic rings. The Balaban J connectivity index is 1.71. The molecule has 0 amide bonds. The van der Waals surface area contributed by atoms with Crippen molar-refractivity contribution in [3.05, 3.63) is 30.3 Å². The average Bonchev–Trinajstić information content (AvgIpc) is 3.17. The second kappa shape index (κ2) is 5.52. The lowest BCUT2D eigenvalue weighted by Crippen LogP contribution is -2.46.